The van der Waals surface area contributed by atoms with E-state index in [4.69, 9.17) is 0 Å². The van der Waals surface area contributed by atoms with Crippen LogP contribution in [0.3, 0.4) is 0 Å². The molecule has 1 rings (SSSR count). The van der Waals surface area contributed by atoms with E-state index in [0.717, 1.165) is 19.4 Å². The summed E-state index contributed by atoms with van der Waals surface area (Å²) >= 11 is 0. The molecule has 106 valence electrons. The largest absolute Gasteiger partial charge is 0.355 e. The van der Waals surface area contributed by atoms with Crippen LogP contribution in [-0.2, 0) is 11.2 Å². The highest BCUT2D eigenvalue weighted by Crippen LogP contribution is 2.14. The van der Waals surface area contributed by atoms with Gasteiger partial charge in [0.05, 0.1) is 6.04 Å². The lowest BCUT2D eigenvalue weighted by atomic mass is 10.0. The molecule has 3 nitrogen and oxygen atoms in total. The van der Waals surface area contributed by atoms with Crippen LogP contribution >= 0.6 is 0 Å². The van der Waals surface area contributed by atoms with Crippen molar-refractivity contribution in [2.24, 2.45) is 0 Å². The zero-order chi connectivity index (χ0) is 14.3. The number of hydrogen-bond donors (Lipinski definition) is 2. The van der Waals surface area contributed by atoms with E-state index in [9.17, 15) is 4.79 Å². The van der Waals surface area contributed by atoms with Gasteiger partial charge < -0.3 is 5.32 Å². The minimum absolute atomic E-state index is 0.0684. The summed E-state index contributed by atoms with van der Waals surface area (Å²) in [7, 11) is 0. The van der Waals surface area contributed by atoms with Crippen molar-refractivity contribution in [3.63, 3.8) is 0 Å². The average molecular weight is 262 g/mol. The number of carbonyl (C=O) groups excluding carboxylic acids is 1. The van der Waals surface area contributed by atoms with Gasteiger partial charge in [0.15, 0.2) is 0 Å². The van der Waals surface area contributed by atoms with E-state index < -0.39 is 0 Å². The SMILES string of the molecule is CCCNC(=O)C(C)NC(C)c1ccc(CC)cc1. The lowest BCUT2D eigenvalue weighted by Gasteiger charge is -2.20. The Bertz CT molecular complexity index is 386. The summed E-state index contributed by atoms with van der Waals surface area (Å²) < 4.78 is 0. The number of aryl methyl sites for hydroxylation is 1. The molecule has 0 aliphatic heterocycles. The van der Waals surface area contributed by atoms with E-state index >= 15 is 0 Å². The molecule has 0 heterocycles. The van der Waals surface area contributed by atoms with Gasteiger partial charge in [-0.1, -0.05) is 38.1 Å². The first-order chi connectivity index (χ1) is 9.08. The van der Waals surface area contributed by atoms with E-state index in [1.807, 2.05) is 6.92 Å². The number of amides is 1. The molecule has 19 heavy (non-hydrogen) atoms. The van der Waals surface area contributed by atoms with Crippen LogP contribution in [0, 0.1) is 0 Å². The fourth-order valence-electron chi connectivity index (χ4n) is 1.99. The molecule has 0 aliphatic carbocycles. The monoisotopic (exact) mass is 262 g/mol. The van der Waals surface area contributed by atoms with E-state index in [-0.39, 0.29) is 18.0 Å². The minimum Gasteiger partial charge on any atom is -0.355 e. The Morgan fingerprint density at radius 3 is 2.32 bits per heavy atom. The van der Waals surface area contributed by atoms with Crippen LogP contribution < -0.4 is 10.6 Å². The van der Waals surface area contributed by atoms with Crippen LogP contribution in [0.4, 0.5) is 0 Å². The van der Waals surface area contributed by atoms with Crippen molar-refractivity contribution in [3.8, 4) is 0 Å². The van der Waals surface area contributed by atoms with Crippen LogP contribution in [0.1, 0.15) is 51.3 Å². The zero-order valence-electron chi connectivity index (χ0n) is 12.5. The molecule has 1 aromatic rings. The van der Waals surface area contributed by atoms with Crippen molar-refractivity contribution in [2.75, 3.05) is 6.54 Å². The molecule has 0 fully saturated rings. The standard InChI is InChI=1S/C16H26N2O/c1-5-11-17-16(19)13(4)18-12(3)15-9-7-14(6-2)8-10-15/h7-10,12-13,18H,5-6,11H2,1-4H3,(H,17,19). The van der Waals surface area contributed by atoms with Gasteiger partial charge in [0.1, 0.15) is 0 Å². The molecule has 0 saturated carbocycles. The van der Waals surface area contributed by atoms with Gasteiger partial charge in [0.2, 0.25) is 5.91 Å². The normalized spacial score (nSPS) is 13.9. The molecule has 0 saturated heterocycles. The third-order valence-electron chi connectivity index (χ3n) is 3.33. The molecule has 3 heteroatoms. The summed E-state index contributed by atoms with van der Waals surface area (Å²) in [4.78, 5) is 11.8. The Morgan fingerprint density at radius 1 is 1.16 bits per heavy atom. The summed E-state index contributed by atoms with van der Waals surface area (Å²) in [6.45, 7) is 8.93. The second-order valence-electron chi connectivity index (χ2n) is 5.00. The van der Waals surface area contributed by atoms with Crippen molar-refractivity contribution >= 4 is 5.91 Å². The van der Waals surface area contributed by atoms with Crippen LogP contribution in [0.2, 0.25) is 0 Å². The van der Waals surface area contributed by atoms with E-state index in [2.05, 4.69) is 55.7 Å². The molecule has 1 amide bonds. The topological polar surface area (TPSA) is 41.1 Å². The maximum atomic E-state index is 11.8. The van der Waals surface area contributed by atoms with Crippen molar-refractivity contribution in [1.82, 2.24) is 10.6 Å². The molecular weight excluding hydrogens is 236 g/mol. The third kappa shape index (κ3) is 5.03. The van der Waals surface area contributed by atoms with Gasteiger partial charge in [0.25, 0.3) is 0 Å². The summed E-state index contributed by atoms with van der Waals surface area (Å²) in [6.07, 6.45) is 2.02. The predicted molar refractivity (Wildman–Crippen MR) is 80.1 cm³/mol. The van der Waals surface area contributed by atoms with Gasteiger partial charge in [-0.25, -0.2) is 0 Å². The Balaban J connectivity index is 2.52. The lowest BCUT2D eigenvalue weighted by molar-refractivity contribution is -0.122. The number of carbonyl (C=O) groups is 1. The lowest BCUT2D eigenvalue weighted by Crippen LogP contribution is -2.43. The Hall–Kier alpha value is -1.35. The number of nitrogens with one attached hydrogen (secondary N) is 2. The molecule has 0 radical (unpaired) electrons. The van der Waals surface area contributed by atoms with Crippen LogP contribution in [0.5, 0.6) is 0 Å². The highest BCUT2D eigenvalue weighted by molar-refractivity contribution is 5.81. The van der Waals surface area contributed by atoms with Gasteiger partial charge in [-0.2, -0.15) is 0 Å². The summed E-state index contributed by atoms with van der Waals surface area (Å²) in [5, 5.41) is 6.24. The maximum Gasteiger partial charge on any atom is 0.236 e. The first kappa shape index (κ1) is 15.7. The number of rotatable bonds is 7. The van der Waals surface area contributed by atoms with Crippen molar-refractivity contribution in [2.45, 2.75) is 52.6 Å². The van der Waals surface area contributed by atoms with Gasteiger partial charge in [0, 0.05) is 12.6 Å². The van der Waals surface area contributed by atoms with E-state index in [1.165, 1.54) is 11.1 Å². The Kier molecular flexibility index (Phi) is 6.57. The Labute approximate surface area is 116 Å². The van der Waals surface area contributed by atoms with Gasteiger partial charge in [-0.05, 0) is 37.8 Å². The highest BCUT2D eigenvalue weighted by atomic mass is 16.2. The number of benzene rings is 1. The van der Waals surface area contributed by atoms with E-state index in [0.29, 0.717) is 0 Å². The minimum atomic E-state index is -0.174. The molecular formula is C16H26N2O. The fraction of sp³-hybridized carbons (Fsp3) is 0.562. The van der Waals surface area contributed by atoms with Gasteiger partial charge in [-0.15, -0.1) is 0 Å². The second-order valence-corrected chi connectivity index (χ2v) is 5.00. The summed E-state index contributed by atoms with van der Waals surface area (Å²) in [5.41, 5.74) is 2.55. The van der Waals surface area contributed by atoms with Crippen LogP contribution in [0.25, 0.3) is 0 Å². The average Bonchev–Trinajstić information content (AvgIpc) is 2.44. The van der Waals surface area contributed by atoms with Crippen LogP contribution in [-0.4, -0.2) is 18.5 Å². The maximum absolute atomic E-state index is 11.8. The molecule has 0 spiro atoms. The molecule has 0 aliphatic rings. The summed E-state index contributed by atoms with van der Waals surface area (Å²) in [5.74, 6) is 0.0684. The van der Waals surface area contributed by atoms with Gasteiger partial charge in [-0.3, -0.25) is 10.1 Å². The quantitative estimate of drug-likeness (QED) is 0.793. The Morgan fingerprint density at radius 2 is 1.79 bits per heavy atom. The molecule has 0 bridgehead atoms. The third-order valence-corrected chi connectivity index (χ3v) is 3.33. The predicted octanol–water partition coefficient (Wildman–Crippen LogP) is 2.81. The van der Waals surface area contributed by atoms with Crippen LogP contribution in [0.15, 0.2) is 24.3 Å². The molecule has 0 aromatic heterocycles. The fourth-order valence-corrected chi connectivity index (χ4v) is 1.99. The zero-order valence-corrected chi connectivity index (χ0v) is 12.5. The second kappa shape index (κ2) is 7.95. The van der Waals surface area contributed by atoms with Crippen molar-refractivity contribution in [1.29, 1.82) is 0 Å². The first-order valence-electron chi connectivity index (χ1n) is 7.21. The molecule has 2 unspecified atom stereocenters. The smallest absolute Gasteiger partial charge is 0.236 e. The van der Waals surface area contributed by atoms with Gasteiger partial charge >= 0.3 is 0 Å². The highest BCUT2D eigenvalue weighted by Gasteiger charge is 2.15. The molecule has 1 aromatic carbocycles. The van der Waals surface area contributed by atoms with Crippen molar-refractivity contribution < 1.29 is 4.79 Å². The molecule has 2 atom stereocenters. The molecule has 2 N–H and O–H groups in total. The van der Waals surface area contributed by atoms with Crippen molar-refractivity contribution in [3.05, 3.63) is 35.4 Å². The van der Waals surface area contributed by atoms with E-state index in [1.54, 1.807) is 0 Å². The number of hydrogen-bond acceptors (Lipinski definition) is 2. The first-order valence-corrected chi connectivity index (χ1v) is 7.21. The summed E-state index contributed by atoms with van der Waals surface area (Å²) in [6, 6.07) is 8.56.